The molecule has 0 atom stereocenters. The molecule has 1 amide bonds. The lowest BCUT2D eigenvalue weighted by Crippen LogP contribution is -2.29. The standard InChI is InChI=1S/C19H19ClN8O4S2/c1-13(29)25-15-4-8-17(9-5-15)34(30,31)24-12-22-21-11-23-27-19-28-26-18(33-19)10-32-16-6-2-14(20)3-7-16/h2-9,11-12H,10H2,1H3,(H,21,23)(H,22,24)(H,25,29)(H,27,28). The molecule has 0 saturated carbocycles. The van der Waals surface area contributed by atoms with E-state index in [0.29, 0.717) is 26.6 Å². The highest BCUT2D eigenvalue weighted by molar-refractivity contribution is 7.90. The molecule has 2 aromatic carbocycles. The number of sulfonamides is 1. The molecule has 12 nitrogen and oxygen atoms in total. The van der Waals surface area contributed by atoms with Gasteiger partial charge in [0.05, 0.1) is 4.90 Å². The molecule has 0 aliphatic heterocycles. The second kappa shape index (κ2) is 11.9. The Hall–Kier alpha value is -3.75. The summed E-state index contributed by atoms with van der Waals surface area (Å²) < 4.78 is 33.4. The fourth-order valence-electron chi connectivity index (χ4n) is 2.30. The van der Waals surface area contributed by atoms with Gasteiger partial charge in [-0.05, 0) is 48.5 Å². The number of ether oxygens (including phenoxy) is 1. The number of aromatic nitrogens is 2. The average molecular weight is 523 g/mol. The van der Waals surface area contributed by atoms with Gasteiger partial charge in [-0.15, -0.1) is 14.6 Å². The highest BCUT2D eigenvalue weighted by Crippen LogP contribution is 2.20. The normalized spacial score (nSPS) is 11.5. The minimum absolute atomic E-state index is 0.0258. The number of nitrogens with one attached hydrogen (secondary N) is 4. The summed E-state index contributed by atoms with van der Waals surface area (Å²) in [5.74, 6) is 0.405. The van der Waals surface area contributed by atoms with E-state index >= 15 is 0 Å². The molecule has 34 heavy (non-hydrogen) atoms. The number of hydrazone groups is 1. The molecule has 3 rings (SSSR count). The van der Waals surface area contributed by atoms with Crippen LogP contribution in [0.2, 0.25) is 5.02 Å². The van der Waals surface area contributed by atoms with Gasteiger partial charge in [0.25, 0.3) is 10.0 Å². The molecule has 0 fully saturated rings. The Morgan fingerprint density at radius 2 is 1.79 bits per heavy atom. The number of hydrogen-bond acceptors (Lipinski definition) is 9. The maximum Gasteiger partial charge on any atom is 0.283 e. The number of hydrogen-bond donors (Lipinski definition) is 4. The third-order valence-corrected chi connectivity index (χ3v) is 6.05. The molecule has 1 aromatic heterocycles. The first kappa shape index (κ1) is 24.9. The van der Waals surface area contributed by atoms with Crippen LogP contribution in [0.3, 0.4) is 0 Å². The van der Waals surface area contributed by atoms with Gasteiger partial charge in [0.2, 0.25) is 11.0 Å². The van der Waals surface area contributed by atoms with Gasteiger partial charge in [0.1, 0.15) is 25.0 Å². The van der Waals surface area contributed by atoms with Crippen LogP contribution in [0, 0.1) is 0 Å². The van der Waals surface area contributed by atoms with Gasteiger partial charge in [0, 0.05) is 17.6 Å². The largest absolute Gasteiger partial charge is 0.486 e. The highest BCUT2D eigenvalue weighted by atomic mass is 35.5. The van der Waals surface area contributed by atoms with Crippen molar-refractivity contribution in [2.75, 3.05) is 10.7 Å². The number of carbonyl (C=O) groups excluding carboxylic acids is 1. The molecule has 15 heteroatoms. The topological polar surface area (TPSA) is 159 Å². The summed E-state index contributed by atoms with van der Waals surface area (Å²) in [5.41, 5.74) is 8.13. The molecular formula is C19H19ClN8O4S2. The number of amides is 1. The Morgan fingerprint density at radius 1 is 1.09 bits per heavy atom. The van der Waals surface area contributed by atoms with Crippen molar-refractivity contribution in [3.8, 4) is 5.75 Å². The molecule has 4 N–H and O–H groups in total. The molecule has 0 bridgehead atoms. The van der Waals surface area contributed by atoms with E-state index in [1.54, 1.807) is 24.3 Å². The van der Waals surface area contributed by atoms with Crippen molar-refractivity contribution in [1.29, 1.82) is 0 Å². The van der Waals surface area contributed by atoms with Crippen molar-refractivity contribution in [2.45, 2.75) is 18.4 Å². The van der Waals surface area contributed by atoms with Crippen LogP contribution in [0.1, 0.15) is 11.9 Å². The summed E-state index contributed by atoms with van der Waals surface area (Å²) >= 11 is 7.09. The Kier molecular flexibility index (Phi) is 8.73. The first-order valence-corrected chi connectivity index (χ1v) is 12.1. The van der Waals surface area contributed by atoms with E-state index < -0.39 is 10.0 Å². The highest BCUT2D eigenvalue weighted by Gasteiger charge is 2.11. The van der Waals surface area contributed by atoms with Crippen LogP contribution in [-0.2, 0) is 21.4 Å². The molecule has 178 valence electrons. The van der Waals surface area contributed by atoms with Crippen LogP contribution < -0.4 is 26.3 Å². The Bertz CT molecular complexity index is 1260. The monoisotopic (exact) mass is 522 g/mol. The molecule has 0 spiro atoms. The van der Waals surface area contributed by atoms with Crippen LogP contribution >= 0.6 is 22.9 Å². The zero-order chi connectivity index (χ0) is 24.4. The van der Waals surface area contributed by atoms with Crippen LogP contribution in [-0.4, -0.2) is 37.2 Å². The number of carbonyl (C=O) groups is 1. The van der Waals surface area contributed by atoms with Gasteiger partial charge in [-0.3, -0.25) is 15.6 Å². The lowest BCUT2D eigenvalue weighted by atomic mass is 10.3. The van der Waals surface area contributed by atoms with Crippen molar-refractivity contribution in [3.05, 3.63) is 58.6 Å². The van der Waals surface area contributed by atoms with Crippen LogP contribution in [0.4, 0.5) is 10.8 Å². The molecule has 0 unspecified atom stereocenters. The van der Waals surface area contributed by atoms with Crippen LogP contribution in [0.5, 0.6) is 5.75 Å². The van der Waals surface area contributed by atoms with Crippen LogP contribution in [0.15, 0.2) is 62.9 Å². The fourth-order valence-corrected chi connectivity index (χ4v) is 3.82. The van der Waals surface area contributed by atoms with E-state index in [-0.39, 0.29) is 17.4 Å². The smallest absolute Gasteiger partial charge is 0.283 e. The number of rotatable bonds is 11. The quantitative estimate of drug-likeness (QED) is 0.128. The maximum atomic E-state index is 12.2. The van der Waals surface area contributed by atoms with Crippen molar-refractivity contribution >= 4 is 62.4 Å². The summed E-state index contributed by atoms with van der Waals surface area (Å²) in [6.07, 6.45) is 2.19. The zero-order valence-corrected chi connectivity index (χ0v) is 20.0. The first-order valence-electron chi connectivity index (χ1n) is 9.48. The number of nitrogens with zero attached hydrogens (tertiary/aromatic N) is 4. The molecule has 1 heterocycles. The lowest BCUT2D eigenvalue weighted by Gasteiger charge is -2.03. The molecular weight excluding hydrogens is 504 g/mol. The number of hydrazine groups is 1. The fraction of sp³-hybridized carbons (Fsp3) is 0.105. The lowest BCUT2D eigenvalue weighted by molar-refractivity contribution is -0.114. The number of benzene rings is 2. The summed E-state index contributed by atoms with van der Waals surface area (Å²) in [4.78, 5) is 11.0. The Morgan fingerprint density at radius 3 is 2.50 bits per heavy atom. The Labute approximate surface area is 204 Å². The second-order valence-electron chi connectivity index (χ2n) is 6.32. The Balaban J connectivity index is 1.39. The molecule has 3 aromatic rings. The predicted molar refractivity (Wildman–Crippen MR) is 131 cm³/mol. The minimum atomic E-state index is -3.91. The summed E-state index contributed by atoms with van der Waals surface area (Å²) in [6.45, 7) is 1.60. The third kappa shape index (κ3) is 7.99. The summed E-state index contributed by atoms with van der Waals surface area (Å²) in [6, 6.07) is 12.6. The number of halogens is 1. The molecule has 0 aliphatic rings. The van der Waals surface area contributed by atoms with Gasteiger partial charge in [-0.25, -0.2) is 5.43 Å². The first-order chi connectivity index (χ1) is 16.3. The van der Waals surface area contributed by atoms with E-state index in [0.717, 1.165) is 6.34 Å². The van der Waals surface area contributed by atoms with E-state index in [1.807, 2.05) is 0 Å². The SMILES string of the molecule is CC(=O)Nc1ccc(S(=O)(=O)/N=C/NN/C=N/Nc2nnc(COc3ccc(Cl)cc3)s2)cc1. The zero-order valence-electron chi connectivity index (χ0n) is 17.6. The van der Waals surface area contributed by atoms with Crippen molar-refractivity contribution in [2.24, 2.45) is 9.50 Å². The number of anilines is 2. The predicted octanol–water partition coefficient (Wildman–Crippen LogP) is 2.60. The molecule has 0 radical (unpaired) electrons. The van der Waals surface area contributed by atoms with Crippen molar-refractivity contribution in [1.82, 2.24) is 21.0 Å². The second-order valence-corrected chi connectivity index (χ2v) is 9.45. The summed E-state index contributed by atoms with van der Waals surface area (Å²) in [5, 5.41) is 16.0. The van der Waals surface area contributed by atoms with Gasteiger partial charge in [-0.1, -0.05) is 22.9 Å². The van der Waals surface area contributed by atoms with E-state index in [1.165, 1.54) is 48.9 Å². The average Bonchev–Trinajstić information content (AvgIpc) is 3.26. The molecule has 0 aliphatic carbocycles. The van der Waals surface area contributed by atoms with Crippen LogP contribution in [0.25, 0.3) is 0 Å². The summed E-state index contributed by atoms with van der Waals surface area (Å²) in [7, 11) is -3.91. The van der Waals surface area contributed by atoms with Gasteiger partial charge >= 0.3 is 0 Å². The van der Waals surface area contributed by atoms with Gasteiger partial charge < -0.3 is 10.1 Å². The van der Waals surface area contributed by atoms with E-state index in [9.17, 15) is 13.2 Å². The minimum Gasteiger partial charge on any atom is -0.486 e. The van der Waals surface area contributed by atoms with E-state index in [4.69, 9.17) is 16.3 Å². The van der Waals surface area contributed by atoms with Crippen molar-refractivity contribution in [3.63, 3.8) is 0 Å². The van der Waals surface area contributed by atoms with E-state index in [2.05, 4.69) is 41.3 Å². The van der Waals surface area contributed by atoms with Gasteiger partial charge in [-0.2, -0.15) is 13.5 Å². The van der Waals surface area contributed by atoms with Crippen molar-refractivity contribution < 1.29 is 17.9 Å². The van der Waals surface area contributed by atoms with Gasteiger partial charge in [0.15, 0.2) is 5.01 Å². The molecule has 0 saturated heterocycles. The maximum absolute atomic E-state index is 12.2. The third-order valence-electron chi connectivity index (χ3n) is 3.74.